The van der Waals surface area contributed by atoms with E-state index in [-0.39, 0.29) is 0 Å². The molecule has 1 atom stereocenters. The second-order valence-electron chi connectivity index (χ2n) is 1.96. The molecule has 0 saturated heterocycles. The van der Waals surface area contributed by atoms with Crippen molar-refractivity contribution in [2.24, 2.45) is 5.92 Å². The van der Waals surface area contributed by atoms with Gasteiger partial charge in [0.25, 0.3) is 0 Å². The molecule has 0 aliphatic rings. The Morgan fingerprint density at radius 2 is 1.58 bits per heavy atom. The van der Waals surface area contributed by atoms with Crippen LogP contribution < -0.4 is 0 Å². The molecule has 0 N–H and O–H groups in total. The molecule has 7 heteroatoms. The zero-order valence-corrected chi connectivity index (χ0v) is 5.49. The van der Waals surface area contributed by atoms with Gasteiger partial charge < -0.3 is 0 Å². The third-order valence-electron chi connectivity index (χ3n) is 1.03. The van der Waals surface area contributed by atoms with Crippen LogP contribution in [0.5, 0.6) is 0 Å². The van der Waals surface area contributed by atoms with Gasteiger partial charge in [-0.2, -0.15) is 22.0 Å². The van der Waals surface area contributed by atoms with E-state index in [0.29, 0.717) is 0 Å². The Balaban J connectivity index is 4.46. The molecule has 0 fully saturated rings. The Morgan fingerprint density at radius 3 is 1.67 bits per heavy atom. The molecule has 0 aromatic heterocycles. The molecule has 0 aromatic rings. The van der Waals surface area contributed by atoms with Gasteiger partial charge in [-0.15, -0.1) is 0 Å². The molecule has 0 aliphatic heterocycles. The Hall–Kier alpha value is -1.01. The van der Waals surface area contributed by atoms with Crippen molar-refractivity contribution in [3.63, 3.8) is 0 Å². The van der Waals surface area contributed by atoms with Gasteiger partial charge in [-0.25, -0.2) is 0 Å². The molecule has 12 heavy (non-hydrogen) atoms. The summed E-state index contributed by atoms with van der Waals surface area (Å²) < 4.78 is 57.6. The lowest BCUT2D eigenvalue weighted by molar-refractivity contribution is -0.192. The summed E-state index contributed by atoms with van der Waals surface area (Å²) in [7, 11) is 0. The predicted octanol–water partition coefficient (Wildman–Crippen LogP) is 1.55. The summed E-state index contributed by atoms with van der Waals surface area (Å²) in [4.78, 5) is 19.1. The van der Waals surface area contributed by atoms with Gasteiger partial charge in [-0.05, 0) is 0 Å². The normalized spacial score (nSPS) is 14.1. The van der Waals surface area contributed by atoms with Crippen LogP contribution in [0.2, 0.25) is 0 Å². The van der Waals surface area contributed by atoms with Crippen molar-refractivity contribution in [3.8, 4) is 0 Å². The van der Waals surface area contributed by atoms with E-state index >= 15 is 0 Å². The van der Waals surface area contributed by atoms with E-state index in [2.05, 4.69) is 0 Å². The van der Waals surface area contributed by atoms with Crippen molar-refractivity contribution >= 4 is 12.1 Å². The van der Waals surface area contributed by atoms with Crippen LogP contribution in [0, 0.1) is 5.92 Å². The van der Waals surface area contributed by atoms with Crippen LogP contribution in [0.4, 0.5) is 22.0 Å². The van der Waals surface area contributed by atoms with Crippen LogP contribution >= 0.6 is 0 Å². The first kappa shape index (κ1) is 11.0. The molecule has 0 radical (unpaired) electrons. The quantitative estimate of drug-likeness (QED) is 0.499. The number of carbonyl (C=O) groups is 2. The monoisotopic (exact) mass is 190 g/mol. The van der Waals surface area contributed by atoms with Crippen molar-refractivity contribution in [1.82, 2.24) is 0 Å². The minimum Gasteiger partial charge on any atom is -0.261 e. The Bertz CT molecular complexity index is 197. The SMILES string of the molecule is O=C(F)CC(C(=O)F)C(F)(F)F. The van der Waals surface area contributed by atoms with E-state index in [0.717, 1.165) is 0 Å². The fourth-order valence-electron chi connectivity index (χ4n) is 0.485. The molecular formula is C5H3F5O2. The van der Waals surface area contributed by atoms with E-state index < -0.39 is 30.6 Å². The largest absolute Gasteiger partial charge is 0.401 e. The van der Waals surface area contributed by atoms with E-state index in [1.54, 1.807) is 0 Å². The zero-order chi connectivity index (χ0) is 9.94. The van der Waals surface area contributed by atoms with Crippen LogP contribution in [-0.2, 0) is 9.59 Å². The van der Waals surface area contributed by atoms with Gasteiger partial charge in [0.2, 0.25) is 0 Å². The third-order valence-corrected chi connectivity index (χ3v) is 1.03. The van der Waals surface area contributed by atoms with Crippen molar-refractivity contribution in [2.75, 3.05) is 0 Å². The summed E-state index contributed by atoms with van der Waals surface area (Å²) in [5, 5.41) is 0. The second-order valence-corrected chi connectivity index (χ2v) is 1.96. The van der Waals surface area contributed by atoms with E-state index in [9.17, 15) is 31.5 Å². The van der Waals surface area contributed by atoms with Crippen molar-refractivity contribution in [1.29, 1.82) is 0 Å². The van der Waals surface area contributed by atoms with Crippen LogP contribution in [0.3, 0.4) is 0 Å². The van der Waals surface area contributed by atoms with Gasteiger partial charge in [-0.1, -0.05) is 0 Å². The lowest BCUT2D eigenvalue weighted by Crippen LogP contribution is -2.29. The molecule has 0 saturated carbocycles. The molecule has 0 spiro atoms. The summed E-state index contributed by atoms with van der Waals surface area (Å²) >= 11 is 0. The average Bonchev–Trinajstić information content (AvgIpc) is 1.79. The molecule has 0 aromatic carbocycles. The molecule has 0 bridgehead atoms. The van der Waals surface area contributed by atoms with Gasteiger partial charge in [0.1, 0.15) is 0 Å². The first-order chi connectivity index (χ1) is 5.25. The standard InChI is InChI=1S/C5H3F5O2/c6-3(11)1-2(4(7)12)5(8,9)10/h2H,1H2. The topological polar surface area (TPSA) is 34.1 Å². The lowest BCUT2D eigenvalue weighted by atomic mass is 10.1. The number of carbonyl (C=O) groups excluding carboxylic acids is 2. The van der Waals surface area contributed by atoms with Crippen molar-refractivity contribution in [2.45, 2.75) is 12.6 Å². The highest BCUT2D eigenvalue weighted by molar-refractivity contribution is 5.79. The molecule has 0 amide bonds. The summed E-state index contributed by atoms with van der Waals surface area (Å²) in [6.07, 6.45) is -7.01. The number of hydrogen-bond acceptors (Lipinski definition) is 2. The maximum Gasteiger partial charge on any atom is 0.401 e. The van der Waals surface area contributed by atoms with Crippen molar-refractivity contribution in [3.05, 3.63) is 0 Å². The first-order valence-electron chi connectivity index (χ1n) is 2.69. The molecule has 2 nitrogen and oxygen atoms in total. The molecule has 0 heterocycles. The van der Waals surface area contributed by atoms with Crippen LogP contribution in [0.1, 0.15) is 6.42 Å². The number of halogens is 5. The average molecular weight is 190 g/mol. The zero-order valence-electron chi connectivity index (χ0n) is 5.49. The second kappa shape index (κ2) is 3.59. The van der Waals surface area contributed by atoms with Gasteiger partial charge in [0, 0.05) is 0 Å². The van der Waals surface area contributed by atoms with Crippen LogP contribution in [0.15, 0.2) is 0 Å². The molecule has 0 rings (SSSR count). The smallest absolute Gasteiger partial charge is 0.261 e. The summed E-state index contributed by atoms with van der Waals surface area (Å²) in [5.41, 5.74) is 0. The fourth-order valence-corrected chi connectivity index (χ4v) is 0.485. The Kier molecular flexibility index (Phi) is 3.29. The fraction of sp³-hybridized carbons (Fsp3) is 0.600. The minimum atomic E-state index is -5.21. The molecule has 0 aliphatic carbocycles. The highest BCUT2D eigenvalue weighted by Gasteiger charge is 2.46. The van der Waals surface area contributed by atoms with Crippen molar-refractivity contribution < 1.29 is 31.5 Å². The summed E-state index contributed by atoms with van der Waals surface area (Å²) in [6, 6.07) is -5.13. The Morgan fingerprint density at radius 1 is 1.17 bits per heavy atom. The highest BCUT2D eigenvalue weighted by Crippen LogP contribution is 2.30. The van der Waals surface area contributed by atoms with Gasteiger partial charge in [-0.3, -0.25) is 9.59 Å². The van der Waals surface area contributed by atoms with Gasteiger partial charge in [0.15, 0.2) is 5.92 Å². The van der Waals surface area contributed by atoms with Gasteiger partial charge in [0.05, 0.1) is 6.42 Å². The number of hydrogen-bond donors (Lipinski definition) is 0. The third kappa shape index (κ3) is 3.40. The number of rotatable bonds is 3. The number of alkyl halides is 3. The first-order valence-corrected chi connectivity index (χ1v) is 2.69. The minimum absolute atomic E-state index is 1.79. The van der Waals surface area contributed by atoms with E-state index in [4.69, 9.17) is 0 Å². The summed E-state index contributed by atoms with van der Waals surface area (Å²) in [5.74, 6) is -3.17. The highest BCUT2D eigenvalue weighted by atomic mass is 19.4. The molecule has 1 unspecified atom stereocenters. The van der Waals surface area contributed by atoms with Gasteiger partial charge >= 0.3 is 18.3 Å². The maximum atomic E-state index is 11.6. The molecular weight excluding hydrogens is 187 g/mol. The van der Waals surface area contributed by atoms with Crippen LogP contribution in [-0.4, -0.2) is 18.3 Å². The molecule has 70 valence electrons. The predicted molar refractivity (Wildman–Crippen MR) is 26.4 cm³/mol. The summed E-state index contributed by atoms with van der Waals surface area (Å²) in [6.45, 7) is 0. The van der Waals surface area contributed by atoms with E-state index in [1.165, 1.54) is 0 Å². The Labute approximate surface area is 63.3 Å². The maximum absolute atomic E-state index is 11.6. The van der Waals surface area contributed by atoms with E-state index in [1.807, 2.05) is 0 Å². The lowest BCUT2D eigenvalue weighted by Gasteiger charge is -2.11. The van der Waals surface area contributed by atoms with Crippen LogP contribution in [0.25, 0.3) is 0 Å².